The maximum atomic E-state index is 13.1. The van der Waals surface area contributed by atoms with Gasteiger partial charge in [-0.2, -0.15) is 0 Å². The Balaban J connectivity index is 1.91. The highest BCUT2D eigenvalue weighted by Crippen LogP contribution is 2.14. The molecule has 1 heterocycles. The lowest BCUT2D eigenvalue weighted by atomic mass is 10.0. The quantitative estimate of drug-likeness (QED) is 0.821. The van der Waals surface area contributed by atoms with Crippen molar-refractivity contribution in [1.82, 2.24) is 5.32 Å². The van der Waals surface area contributed by atoms with E-state index in [9.17, 15) is 9.18 Å². The Morgan fingerprint density at radius 2 is 2.36 bits per heavy atom. The lowest BCUT2D eigenvalue weighted by Crippen LogP contribution is -2.50. The van der Waals surface area contributed by atoms with Crippen molar-refractivity contribution in [3.63, 3.8) is 0 Å². The molecule has 0 spiro atoms. The van der Waals surface area contributed by atoms with Gasteiger partial charge in [0.2, 0.25) is 5.91 Å². The van der Waals surface area contributed by atoms with E-state index in [-0.39, 0.29) is 43.5 Å². The van der Waals surface area contributed by atoms with Crippen LogP contribution in [0, 0.1) is 12.7 Å². The minimum Gasteiger partial charge on any atom is -0.394 e. The van der Waals surface area contributed by atoms with E-state index >= 15 is 0 Å². The summed E-state index contributed by atoms with van der Waals surface area (Å²) >= 11 is 0. The Kier molecular flexibility index (Phi) is 6.30. The van der Waals surface area contributed by atoms with Crippen LogP contribution < -0.4 is 5.32 Å². The van der Waals surface area contributed by atoms with Gasteiger partial charge in [0.25, 0.3) is 0 Å². The fraction of sp³-hybridized carbons (Fsp3) is 0.562. The van der Waals surface area contributed by atoms with Gasteiger partial charge in [0.15, 0.2) is 0 Å². The second kappa shape index (κ2) is 8.22. The van der Waals surface area contributed by atoms with Crippen LogP contribution >= 0.6 is 0 Å². The molecule has 1 aromatic rings. The molecule has 0 saturated carbocycles. The average Bonchev–Trinajstić information content (AvgIpc) is 2.49. The zero-order valence-electron chi connectivity index (χ0n) is 12.7. The number of hydrogen-bond acceptors (Lipinski definition) is 4. The van der Waals surface area contributed by atoms with Crippen molar-refractivity contribution >= 4 is 5.91 Å². The highest BCUT2D eigenvalue weighted by molar-refractivity contribution is 5.79. The molecule has 2 N–H and O–H groups in total. The van der Waals surface area contributed by atoms with Crippen molar-refractivity contribution in [1.29, 1.82) is 0 Å². The summed E-state index contributed by atoms with van der Waals surface area (Å²) in [4.78, 5) is 12.2. The van der Waals surface area contributed by atoms with E-state index in [1.807, 2.05) is 0 Å². The number of halogens is 1. The van der Waals surface area contributed by atoms with Crippen LogP contribution in [0.25, 0.3) is 0 Å². The highest BCUT2D eigenvalue weighted by atomic mass is 19.1. The number of aliphatic hydroxyl groups excluding tert-OH is 1. The van der Waals surface area contributed by atoms with Crippen molar-refractivity contribution in [2.24, 2.45) is 0 Å². The van der Waals surface area contributed by atoms with E-state index in [1.165, 1.54) is 12.1 Å². The van der Waals surface area contributed by atoms with Crippen LogP contribution in [0.15, 0.2) is 18.2 Å². The molecule has 0 aromatic heterocycles. The van der Waals surface area contributed by atoms with Crippen molar-refractivity contribution in [3.8, 4) is 0 Å². The number of benzene rings is 1. The first-order valence-corrected chi connectivity index (χ1v) is 7.44. The van der Waals surface area contributed by atoms with E-state index in [2.05, 4.69) is 5.32 Å². The Morgan fingerprint density at radius 1 is 1.55 bits per heavy atom. The SMILES string of the molecule is Cc1cc(F)ccc1CC(=O)N[C@@H]1CCOC[C@H]1OCCO. The summed E-state index contributed by atoms with van der Waals surface area (Å²) in [7, 11) is 0. The summed E-state index contributed by atoms with van der Waals surface area (Å²) in [5.41, 5.74) is 1.56. The third kappa shape index (κ3) is 4.76. The molecule has 1 amide bonds. The number of hydrogen-bond donors (Lipinski definition) is 2. The van der Waals surface area contributed by atoms with Crippen LogP contribution in [0.4, 0.5) is 4.39 Å². The van der Waals surface area contributed by atoms with Gasteiger partial charge >= 0.3 is 0 Å². The Bertz CT molecular complexity index is 509. The molecule has 1 fully saturated rings. The number of aryl methyl sites for hydroxylation is 1. The predicted molar refractivity (Wildman–Crippen MR) is 79.0 cm³/mol. The van der Waals surface area contributed by atoms with Gasteiger partial charge in [0.1, 0.15) is 11.9 Å². The third-order valence-corrected chi connectivity index (χ3v) is 3.73. The maximum Gasteiger partial charge on any atom is 0.224 e. The van der Waals surface area contributed by atoms with E-state index in [4.69, 9.17) is 14.6 Å². The van der Waals surface area contributed by atoms with Gasteiger partial charge in [-0.25, -0.2) is 4.39 Å². The minimum absolute atomic E-state index is 0.0636. The Labute approximate surface area is 129 Å². The van der Waals surface area contributed by atoms with Gasteiger partial charge in [-0.3, -0.25) is 4.79 Å². The second-order valence-corrected chi connectivity index (χ2v) is 5.42. The first-order chi connectivity index (χ1) is 10.6. The molecule has 0 aliphatic carbocycles. The first kappa shape index (κ1) is 16.9. The fourth-order valence-electron chi connectivity index (χ4n) is 2.53. The van der Waals surface area contributed by atoms with Crippen LogP contribution in [0.2, 0.25) is 0 Å². The summed E-state index contributed by atoms with van der Waals surface area (Å²) in [6.45, 7) is 2.91. The number of amides is 1. The van der Waals surface area contributed by atoms with Crippen molar-refractivity contribution in [2.45, 2.75) is 31.9 Å². The average molecular weight is 311 g/mol. The monoisotopic (exact) mass is 311 g/mol. The molecule has 6 heteroatoms. The number of rotatable bonds is 6. The van der Waals surface area contributed by atoms with E-state index in [0.717, 1.165) is 11.1 Å². The van der Waals surface area contributed by atoms with E-state index < -0.39 is 0 Å². The molecule has 5 nitrogen and oxygen atoms in total. The molecule has 1 aromatic carbocycles. The summed E-state index contributed by atoms with van der Waals surface area (Å²) in [6.07, 6.45) is 0.625. The molecule has 0 radical (unpaired) electrons. The second-order valence-electron chi connectivity index (χ2n) is 5.42. The number of nitrogens with one attached hydrogen (secondary N) is 1. The molecule has 0 bridgehead atoms. The largest absolute Gasteiger partial charge is 0.394 e. The van der Waals surface area contributed by atoms with Gasteiger partial charge < -0.3 is 19.9 Å². The van der Waals surface area contributed by atoms with Crippen LogP contribution in [-0.4, -0.2) is 49.6 Å². The molecule has 22 heavy (non-hydrogen) atoms. The Hall–Kier alpha value is -1.50. The van der Waals surface area contributed by atoms with Crippen LogP contribution in [0.1, 0.15) is 17.5 Å². The smallest absolute Gasteiger partial charge is 0.224 e. The van der Waals surface area contributed by atoms with E-state index in [1.54, 1.807) is 13.0 Å². The molecule has 2 rings (SSSR count). The van der Waals surface area contributed by atoms with E-state index in [0.29, 0.717) is 19.6 Å². The summed E-state index contributed by atoms with van der Waals surface area (Å²) < 4.78 is 23.9. The minimum atomic E-state index is -0.302. The highest BCUT2D eigenvalue weighted by Gasteiger charge is 2.27. The fourth-order valence-corrected chi connectivity index (χ4v) is 2.53. The van der Waals surface area contributed by atoms with Crippen LogP contribution in [0.5, 0.6) is 0 Å². The van der Waals surface area contributed by atoms with Gasteiger partial charge in [-0.15, -0.1) is 0 Å². The molecule has 122 valence electrons. The zero-order valence-corrected chi connectivity index (χ0v) is 12.7. The third-order valence-electron chi connectivity index (χ3n) is 3.73. The molecular formula is C16H22FNO4. The van der Waals surface area contributed by atoms with Gasteiger partial charge in [0, 0.05) is 6.61 Å². The predicted octanol–water partition coefficient (Wildman–Crippen LogP) is 0.959. The Morgan fingerprint density at radius 3 is 3.09 bits per heavy atom. The van der Waals surface area contributed by atoms with Crippen LogP contribution in [0.3, 0.4) is 0 Å². The maximum absolute atomic E-state index is 13.1. The summed E-state index contributed by atoms with van der Waals surface area (Å²) in [5.74, 6) is -0.428. The molecule has 2 atom stereocenters. The number of carbonyl (C=O) groups excluding carboxylic acids is 1. The molecule has 1 saturated heterocycles. The number of ether oxygens (including phenoxy) is 2. The molecular weight excluding hydrogens is 289 g/mol. The number of carbonyl (C=O) groups is 1. The molecule has 1 aliphatic heterocycles. The van der Waals surface area contributed by atoms with Crippen molar-refractivity contribution in [2.75, 3.05) is 26.4 Å². The lowest BCUT2D eigenvalue weighted by molar-refractivity contribution is -0.125. The van der Waals surface area contributed by atoms with Crippen LogP contribution in [-0.2, 0) is 20.7 Å². The molecule has 0 unspecified atom stereocenters. The van der Waals surface area contributed by atoms with Gasteiger partial charge in [-0.05, 0) is 36.6 Å². The normalized spacial score (nSPS) is 21.6. The number of aliphatic hydroxyl groups is 1. The summed E-state index contributed by atoms with van der Waals surface area (Å²) in [6, 6.07) is 4.28. The molecule has 1 aliphatic rings. The zero-order chi connectivity index (χ0) is 15.9. The standard InChI is InChI=1S/C16H22FNO4/c1-11-8-13(17)3-2-12(11)9-16(20)18-14-4-6-21-10-15(14)22-7-5-19/h2-3,8,14-15,19H,4-7,9-10H2,1H3,(H,18,20)/t14-,15-/m1/s1. The van der Waals surface area contributed by atoms with Gasteiger partial charge in [0.05, 0.1) is 32.3 Å². The summed E-state index contributed by atoms with van der Waals surface area (Å²) in [5, 5.41) is 11.8. The van der Waals surface area contributed by atoms with Crippen molar-refractivity contribution in [3.05, 3.63) is 35.1 Å². The van der Waals surface area contributed by atoms with Gasteiger partial charge in [-0.1, -0.05) is 6.07 Å². The topological polar surface area (TPSA) is 67.8 Å². The first-order valence-electron chi connectivity index (χ1n) is 7.44. The lowest BCUT2D eigenvalue weighted by Gasteiger charge is -2.32. The van der Waals surface area contributed by atoms with Crippen molar-refractivity contribution < 1.29 is 23.8 Å².